The highest BCUT2D eigenvalue weighted by molar-refractivity contribution is 14.0. The van der Waals surface area contributed by atoms with Gasteiger partial charge >= 0.3 is 0 Å². The van der Waals surface area contributed by atoms with Crippen molar-refractivity contribution in [1.82, 2.24) is 15.5 Å². The van der Waals surface area contributed by atoms with Crippen LogP contribution in [0.15, 0.2) is 16.4 Å². The summed E-state index contributed by atoms with van der Waals surface area (Å²) in [6, 6.07) is 2.27. The molecule has 0 amide bonds. The molecular formula is C16H29IN4S. The molecule has 1 aliphatic rings. The Balaban J connectivity index is 0.00000242. The van der Waals surface area contributed by atoms with Gasteiger partial charge in [-0.3, -0.25) is 9.89 Å². The number of unbranched alkanes of at least 4 members (excludes halogenated alkanes) is 1. The molecule has 1 aliphatic heterocycles. The summed E-state index contributed by atoms with van der Waals surface area (Å²) in [6.45, 7) is 10.5. The second-order valence-electron chi connectivity index (χ2n) is 5.44. The Morgan fingerprint density at radius 2 is 2.23 bits per heavy atom. The van der Waals surface area contributed by atoms with E-state index in [-0.39, 0.29) is 24.0 Å². The number of aliphatic imine (C=N–C) groups is 1. The minimum atomic E-state index is 0. The molecular weight excluding hydrogens is 407 g/mol. The van der Waals surface area contributed by atoms with Gasteiger partial charge in [0.1, 0.15) is 0 Å². The molecule has 2 N–H and O–H groups in total. The van der Waals surface area contributed by atoms with E-state index in [2.05, 4.69) is 45.8 Å². The molecule has 0 aromatic carbocycles. The van der Waals surface area contributed by atoms with Crippen molar-refractivity contribution in [3.05, 3.63) is 21.9 Å². The number of rotatable bonds is 7. The third-order valence-corrected chi connectivity index (χ3v) is 4.76. The molecule has 0 radical (unpaired) electrons. The smallest absolute Gasteiger partial charge is 0.191 e. The Bertz CT molecular complexity index is 447. The zero-order valence-electron chi connectivity index (χ0n) is 13.7. The fourth-order valence-electron chi connectivity index (χ4n) is 2.52. The number of thiophene rings is 1. The summed E-state index contributed by atoms with van der Waals surface area (Å²) in [4.78, 5) is 8.69. The van der Waals surface area contributed by atoms with E-state index in [4.69, 9.17) is 0 Å². The van der Waals surface area contributed by atoms with E-state index in [0.717, 1.165) is 45.1 Å². The van der Waals surface area contributed by atoms with Crippen molar-refractivity contribution >= 4 is 41.3 Å². The molecule has 2 heterocycles. The van der Waals surface area contributed by atoms with Crippen molar-refractivity contribution in [1.29, 1.82) is 0 Å². The van der Waals surface area contributed by atoms with Crippen LogP contribution in [-0.4, -0.2) is 43.6 Å². The van der Waals surface area contributed by atoms with Crippen LogP contribution >= 0.6 is 35.3 Å². The van der Waals surface area contributed by atoms with Crippen LogP contribution in [0, 0.1) is 0 Å². The van der Waals surface area contributed by atoms with Crippen molar-refractivity contribution < 1.29 is 0 Å². The molecule has 0 saturated carbocycles. The Morgan fingerprint density at radius 1 is 1.36 bits per heavy atom. The first-order chi connectivity index (χ1) is 10.3. The topological polar surface area (TPSA) is 39.7 Å². The van der Waals surface area contributed by atoms with Gasteiger partial charge in [-0.05, 0) is 36.8 Å². The lowest BCUT2D eigenvalue weighted by molar-refractivity contribution is 0.260. The van der Waals surface area contributed by atoms with E-state index in [1.54, 1.807) is 4.88 Å². The van der Waals surface area contributed by atoms with E-state index < -0.39 is 0 Å². The molecule has 0 saturated heterocycles. The van der Waals surface area contributed by atoms with Crippen molar-refractivity contribution in [2.75, 3.05) is 32.7 Å². The van der Waals surface area contributed by atoms with E-state index in [1.807, 2.05) is 11.3 Å². The Kier molecular flexibility index (Phi) is 10.1. The van der Waals surface area contributed by atoms with Crippen LogP contribution in [0.3, 0.4) is 0 Å². The highest BCUT2D eigenvalue weighted by atomic mass is 127. The van der Waals surface area contributed by atoms with E-state index >= 15 is 0 Å². The van der Waals surface area contributed by atoms with Crippen molar-refractivity contribution in [3.63, 3.8) is 0 Å². The fraction of sp³-hybridized carbons (Fsp3) is 0.688. The van der Waals surface area contributed by atoms with Crippen LogP contribution < -0.4 is 10.6 Å². The van der Waals surface area contributed by atoms with Gasteiger partial charge < -0.3 is 10.6 Å². The first-order valence-electron chi connectivity index (χ1n) is 8.13. The molecule has 0 spiro atoms. The van der Waals surface area contributed by atoms with Crippen molar-refractivity contribution in [2.24, 2.45) is 4.99 Å². The van der Waals surface area contributed by atoms with Gasteiger partial charge in [-0.2, -0.15) is 0 Å². The molecule has 0 bridgehead atoms. The standard InChI is InChI=1S/C16H28N4S.HI/c1-3-5-8-18-16(17-4-2)19-9-11-20-10-6-15-14(13-20)7-12-21-15;/h7,12H,3-6,8-11,13H2,1-2H3,(H2,17,18,19);1H. The summed E-state index contributed by atoms with van der Waals surface area (Å²) >= 11 is 1.90. The maximum atomic E-state index is 4.59. The predicted molar refractivity (Wildman–Crippen MR) is 108 cm³/mol. The number of nitrogens with one attached hydrogen (secondary N) is 2. The number of guanidine groups is 1. The highest BCUT2D eigenvalue weighted by Gasteiger charge is 2.16. The Morgan fingerprint density at radius 3 is 3.00 bits per heavy atom. The van der Waals surface area contributed by atoms with Gasteiger partial charge in [0.15, 0.2) is 5.96 Å². The summed E-state index contributed by atoms with van der Waals surface area (Å²) in [5.74, 6) is 0.958. The molecule has 4 nitrogen and oxygen atoms in total. The molecule has 126 valence electrons. The number of fused-ring (bicyclic) bond motifs is 1. The van der Waals surface area contributed by atoms with Crippen LogP contribution in [-0.2, 0) is 13.0 Å². The number of hydrogen-bond donors (Lipinski definition) is 2. The van der Waals surface area contributed by atoms with Crippen molar-refractivity contribution in [2.45, 2.75) is 39.7 Å². The molecule has 6 heteroatoms. The largest absolute Gasteiger partial charge is 0.357 e. The monoisotopic (exact) mass is 436 g/mol. The van der Waals surface area contributed by atoms with Gasteiger partial charge in [-0.25, -0.2) is 0 Å². The number of hydrogen-bond acceptors (Lipinski definition) is 3. The lowest BCUT2D eigenvalue weighted by Gasteiger charge is -2.27. The van der Waals surface area contributed by atoms with Crippen LogP contribution in [0.1, 0.15) is 37.1 Å². The van der Waals surface area contributed by atoms with Crippen molar-refractivity contribution in [3.8, 4) is 0 Å². The number of nitrogens with zero attached hydrogens (tertiary/aromatic N) is 2. The summed E-state index contributed by atoms with van der Waals surface area (Å²) in [6.07, 6.45) is 3.56. The lowest BCUT2D eigenvalue weighted by Crippen LogP contribution is -2.42. The van der Waals surface area contributed by atoms with Gasteiger partial charge in [-0.1, -0.05) is 13.3 Å². The summed E-state index contributed by atoms with van der Waals surface area (Å²) < 4.78 is 0. The average Bonchev–Trinajstić information content (AvgIpc) is 2.95. The molecule has 0 fully saturated rings. The summed E-state index contributed by atoms with van der Waals surface area (Å²) in [7, 11) is 0. The van der Waals surface area contributed by atoms with Crippen LogP contribution in [0.5, 0.6) is 0 Å². The molecule has 0 atom stereocenters. The SMILES string of the molecule is CCCCN=C(NCC)NCCN1CCc2sccc2C1.I. The number of halogens is 1. The quantitative estimate of drug-likeness (QED) is 0.299. The maximum absolute atomic E-state index is 4.59. The van der Waals surface area contributed by atoms with Gasteiger partial charge in [-0.15, -0.1) is 35.3 Å². The molecule has 1 aromatic heterocycles. The molecule has 0 unspecified atom stereocenters. The second-order valence-corrected chi connectivity index (χ2v) is 6.44. The highest BCUT2D eigenvalue weighted by Crippen LogP contribution is 2.23. The predicted octanol–water partition coefficient (Wildman–Crippen LogP) is 3.08. The molecule has 22 heavy (non-hydrogen) atoms. The third-order valence-electron chi connectivity index (χ3n) is 3.73. The first-order valence-corrected chi connectivity index (χ1v) is 9.01. The zero-order valence-corrected chi connectivity index (χ0v) is 16.9. The van der Waals surface area contributed by atoms with Crippen LogP contribution in [0.25, 0.3) is 0 Å². The van der Waals surface area contributed by atoms with E-state index in [0.29, 0.717) is 0 Å². The summed E-state index contributed by atoms with van der Waals surface area (Å²) in [5.41, 5.74) is 1.52. The van der Waals surface area contributed by atoms with Crippen LogP contribution in [0.2, 0.25) is 0 Å². The minimum absolute atomic E-state index is 0. The molecule has 2 rings (SSSR count). The van der Waals surface area contributed by atoms with Gasteiger partial charge in [0.25, 0.3) is 0 Å². The lowest BCUT2D eigenvalue weighted by atomic mass is 10.1. The minimum Gasteiger partial charge on any atom is -0.357 e. The Hall–Kier alpha value is -0.340. The van der Waals surface area contributed by atoms with E-state index in [9.17, 15) is 0 Å². The van der Waals surface area contributed by atoms with Gasteiger partial charge in [0.05, 0.1) is 0 Å². The van der Waals surface area contributed by atoms with Gasteiger partial charge in [0, 0.05) is 44.1 Å². The van der Waals surface area contributed by atoms with E-state index in [1.165, 1.54) is 24.9 Å². The summed E-state index contributed by atoms with van der Waals surface area (Å²) in [5, 5.41) is 8.98. The normalized spacial score (nSPS) is 15.1. The average molecular weight is 436 g/mol. The van der Waals surface area contributed by atoms with Gasteiger partial charge in [0.2, 0.25) is 0 Å². The first kappa shape index (κ1) is 19.7. The van der Waals surface area contributed by atoms with Crippen LogP contribution in [0.4, 0.5) is 0 Å². The molecule has 0 aliphatic carbocycles. The zero-order chi connectivity index (χ0) is 14.9. The fourth-order valence-corrected chi connectivity index (χ4v) is 3.41. The molecule has 1 aromatic rings. The Labute approximate surface area is 155 Å². The third kappa shape index (κ3) is 6.42. The maximum Gasteiger partial charge on any atom is 0.191 e. The second kappa shape index (κ2) is 11.2.